The molecule has 0 aromatic heterocycles. The fourth-order valence-electron chi connectivity index (χ4n) is 1.39. The van der Waals surface area contributed by atoms with Gasteiger partial charge in [0.15, 0.2) is 7.14 Å². The van der Waals surface area contributed by atoms with E-state index in [0.29, 0.717) is 0 Å². The van der Waals surface area contributed by atoms with E-state index in [4.69, 9.17) is 14.2 Å². The van der Waals surface area contributed by atoms with E-state index in [-0.39, 0.29) is 38.1 Å². The van der Waals surface area contributed by atoms with E-state index in [2.05, 4.69) is 0 Å². The number of ether oxygens (including phenoxy) is 3. The van der Waals surface area contributed by atoms with Crippen LogP contribution in [0.15, 0.2) is 0 Å². The van der Waals surface area contributed by atoms with Crippen molar-refractivity contribution in [3.8, 4) is 0 Å². The Morgan fingerprint density at radius 2 is 0.696 bits per heavy atom. The Labute approximate surface area is 139 Å². The van der Waals surface area contributed by atoms with E-state index in [1.807, 2.05) is 0 Å². The van der Waals surface area contributed by atoms with Gasteiger partial charge in [0, 0.05) is 0 Å². The number of rotatable bonds is 12. The summed E-state index contributed by atoms with van der Waals surface area (Å²) >= 11 is 0. The van der Waals surface area contributed by atoms with E-state index in [1.54, 1.807) is 40.0 Å². The van der Waals surface area contributed by atoms with Gasteiger partial charge in [-0.1, -0.05) is 0 Å². The Hall–Kier alpha value is 0.800. The number of hydrogen-bond acceptors (Lipinski definition) is 7. The van der Waals surface area contributed by atoms with Crippen molar-refractivity contribution in [1.29, 1.82) is 0 Å². The Morgan fingerprint density at radius 3 is 0.870 bits per heavy atom. The Morgan fingerprint density at radius 1 is 0.478 bits per heavy atom. The van der Waals surface area contributed by atoms with Crippen molar-refractivity contribution in [3.05, 3.63) is 0 Å². The van der Waals surface area contributed by atoms with Crippen molar-refractivity contribution in [2.45, 2.75) is 0 Å². The minimum absolute atomic E-state index is 0.0249. The third kappa shape index (κ3) is 16.0. The van der Waals surface area contributed by atoms with Crippen molar-refractivity contribution in [2.24, 2.45) is 0 Å². The molecule has 0 heterocycles. The lowest BCUT2D eigenvalue weighted by Gasteiger charge is -2.20. The van der Waals surface area contributed by atoms with E-state index < -0.39 is 28.6 Å². The Balaban J connectivity index is 4.62. The molecule has 0 bridgehead atoms. The van der Waals surface area contributed by atoms with Gasteiger partial charge < -0.3 is 32.5 Å². The van der Waals surface area contributed by atoms with Gasteiger partial charge in [-0.2, -0.15) is 0 Å². The summed E-state index contributed by atoms with van der Waals surface area (Å²) in [5.74, 6) is 0. The molecule has 11 heteroatoms. The van der Waals surface area contributed by atoms with Crippen molar-refractivity contribution in [2.75, 3.05) is 78.1 Å². The maximum absolute atomic E-state index is 12.8. The van der Waals surface area contributed by atoms with Crippen LogP contribution in [0, 0.1) is 0 Å². The predicted octanol–water partition coefficient (Wildman–Crippen LogP) is 4.01. The molecule has 0 saturated carbocycles. The standard InChI is InChI=1S/C12H30O7P4/c1-20(2,13)7-17-10-23(16,11-18-8-21(3,4)14)12-19-9-22(5,6)15/h7-12H2,1-6H3. The van der Waals surface area contributed by atoms with E-state index >= 15 is 0 Å². The molecule has 0 radical (unpaired) electrons. The highest BCUT2D eigenvalue weighted by Gasteiger charge is 2.26. The normalized spacial score (nSPS) is 14.2. The highest BCUT2D eigenvalue weighted by Crippen LogP contribution is 2.49. The van der Waals surface area contributed by atoms with Crippen LogP contribution in [-0.2, 0) is 32.5 Å². The van der Waals surface area contributed by atoms with Crippen molar-refractivity contribution in [3.63, 3.8) is 0 Å². The first-order valence-electron chi connectivity index (χ1n) is 7.04. The molecule has 0 aliphatic carbocycles. The van der Waals surface area contributed by atoms with Gasteiger partial charge in [0.2, 0.25) is 0 Å². The van der Waals surface area contributed by atoms with E-state index in [0.717, 1.165) is 0 Å². The summed E-state index contributed by atoms with van der Waals surface area (Å²) in [6, 6.07) is 0. The summed E-state index contributed by atoms with van der Waals surface area (Å²) in [5.41, 5.74) is 0. The minimum Gasteiger partial charge on any atom is -0.366 e. The van der Waals surface area contributed by atoms with Crippen LogP contribution in [-0.4, -0.2) is 78.1 Å². The fraction of sp³-hybridized carbons (Fsp3) is 1.00. The summed E-state index contributed by atoms with van der Waals surface area (Å²) in [5, 5.41) is 0. The second-order valence-electron chi connectivity index (χ2n) is 7.17. The van der Waals surface area contributed by atoms with Crippen LogP contribution in [0.2, 0.25) is 0 Å². The molecule has 0 N–H and O–H groups in total. The zero-order valence-corrected chi connectivity index (χ0v) is 18.5. The van der Waals surface area contributed by atoms with E-state index in [9.17, 15) is 18.3 Å². The average molecular weight is 410 g/mol. The van der Waals surface area contributed by atoms with Crippen LogP contribution in [0.4, 0.5) is 0 Å². The molecule has 0 rings (SSSR count). The van der Waals surface area contributed by atoms with E-state index in [1.165, 1.54) is 0 Å². The molecule has 0 aromatic rings. The number of hydrogen-bond donors (Lipinski definition) is 0. The molecule has 0 unspecified atom stereocenters. The molecular formula is C12H30O7P4. The molecule has 0 saturated heterocycles. The van der Waals surface area contributed by atoms with Crippen LogP contribution in [0.25, 0.3) is 0 Å². The molecular weight excluding hydrogens is 380 g/mol. The van der Waals surface area contributed by atoms with Crippen LogP contribution in [0.1, 0.15) is 0 Å². The van der Waals surface area contributed by atoms with Gasteiger partial charge >= 0.3 is 0 Å². The van der Waals surface area contributed by atoms with Gasteiger partial charge in [-0.05, 0) is 40.0 Å². The van der Waals surface area contributed by atoms with Crippen molar-refractivity contribution < 1.29 is 32.5 Å². The van der Waals surface area contributed by atoms with Gasteiger partial charge in [0.05, 0.1) is 19.0 Å². The first-order valence-corrected chi connectivity index (χ1v) is 17.7. The SMILES string of the molecule is CP(C)(=O)COCP(=O)(COCP(C)(C)=O)COCP(C)(C)=O. The van der Waals surface area contributed by atoms with Gasteiger partial charge in [-0.25, -0.2) is 0 Å². The third-order valence-corrected chi connectivity index (χ3v) is 6.56. The molecule has 140 valence electrons. The first-order chi connectivity index (χ1) is 10.1. The van der Waals surface area contributed by atoms with Crippen LogP contribution in [0.5, 0.6) is 0 Å². The molecule has 0 fully saturated rings. The summed E-state index contributed by atoms with van der Waals surface area (Å²) < 4.78 is 63.7. The van der Waals surface area contributed by atoms with Crippen LogP contribution in [0.3, 0.4) is 0 Å². The quantitative estimate of drug-likeness (QED) is 0.449. The monoisotopic (exact) mass is 410 g/mol. The highest BCUT2D eigenvalue weighted by molar-refractivity contribution is 7.64. The maximum Gasteiger partial charge on any atom is 0.161 e. The van der Waals surface area contributed by atoms with Crippen LogP contribution >= 0.6 is 28.6 Å². The second-order valence-corrected chi connectivity index (χ2v) is 20.3. The molecule has 0 aliphatic heterocycles. The molecule has 7 nitrogen and oxygen atoms in total. The Bertz CT molecular complexity index is 466. The lowest BCUT2D eigenvalue weighted by atomic mass is 11.5. The largest absolute Gasteiger partial charge is 0.366 e. The highest BCUT2D eigenvalue weighted by atomic mass is 31.2. The molecule has 0 aliphatic rings. The predicted molar refractivity (Wildman–Crippen MR) is 98.4 cm³/mol. The summed E-state index contributed by atoms with van der Waals surface area (Å²) in [6.45, 7) is 9.50. The Kier molecular flexibility index (Phi) is 9.81. The second kappa shape index (κ2) is 9.48. The fourth-order valence-corrected chi connectivity index (χ4v) is 4.91. The third-order valence-electron chi connectivity index (χ3n) is 2.19. The van der Waals surface area contributed by atoms with Gasteiger partial charge in [-0.15, -0.1) is 0 Å². The zero-order valence-electron chi connectivity index (χ0n) is 14.9. The molecule has 0 spiro atoms. The van der Waals surface area contributed by atoms with Gasteiger partial charge in [-0.3, -0.25) is 0 Å². The molecule has 0 aromatic carbocycles. The van der Waals surface area contributed by atoms with Crippen molar-refractivity contribution >= 4 is 28.6 Å². The van der Waals surface area contributed by atoms with Crippen molar-refractivity contribution in [1.82, 2.24) is 0 Å². The molecule has 0 amide bonds. The topological polar surface area (TPSA) is 96.0 Å². The van der Waals surface area contributed by atoms with Crippen LogP contribution < -0.4 is 0 Å². The average Bonchev–Trinajstić information content (AvgIpc) is 2.22. The summed E-state index contributed by atoms with van der Waals surface area (Å²) in [7, 11) is -10.1. The smallest absolute Gasteiger partial charge is 0.161 e. The molecule has 0 atom stereocenters. The summed E-state index contributed by atoms with van der Waals surface area (Å²) in [6.07, 6.45) is -0.318. The lowest BCUT2D eigenvalue weighted by Crippen LogP contribution is -2.10. The summed E-state index contributed by atoms with van der Waals surface area (Å²) in [4.78, 5) is 0. The zero-order chi connectivity index (χ0) is 18.4. The molecule has 23 heavy (non-hydrogen) atoms. The first kappa shape index (κ1) is 23.8. The van der Waals surface area contributed by atoms with Gasteiger partial charge in [0.1, 0.15) is 40.5 Å². The van der Waals surface area contributed by atoms with Gasteiger partial charge in [0.25, 0.3) is 0 Å². The lowest BCUT2D eigenvalue weighted by molar-refractivity contribution is 0.178. The minimum atomic E-state index is -3.01. The maximum atomic E-state index is 12.8.